The van der Waals surface area contributed by atoms with Crippen LogP contribution in [0.1, 0.15) is 34.6 Å². The highest BCUT2D eigenvalue weighted by Gasteiger charge is 2.05. The van der Waals surface area contributed by atoms with E-state index in [0.717, 1.165) is 5.57 Å². The van der Waals surface area contributed by atoms with E-state index in [2.05, 4.69) is 20.8 Å². The van der Waals surface area contributed by atoms with E-state index in [9.17, 15) is 4.79 Å². The first-order valence-electron chi connectivity index (χ1n) is 4.23. The summed E-state index contributed by atoms with van der Waals surface area (Å²) >= 11 is 0. The Bertz CT molecular complexity index is 214. The van der Waals surface area contributed by atoms with Gasteiger partial charge in [0, 0.05) is 0 Å². The molecule has 0 atom stereocenters. The van der Waals surface area contributed by atoms with Crippen molar-refractivity contribution in [2.75, 3.05) is 0 Å². The summed E-state index contributed by atoms with van der Waals surface area (Å²) in [5, 5.41) is 0. The molecule has 0 aromatic heterocycles. The summed E-state index contributed by atoms with van der Waals surface area (Å²) in [6, 6.07) is 0. The van der Waals surface area contributed by atoms with Crippen molar-refractivity contribution in [3.63, 3.8) is 0 Å². The van der Waals surface area contributed by atoms with Gasteiger partial charge in [0.15, 0.2) is 5.78 Å². The zero-order valence-electron chi connectivity index (χ0n) is 8.64. The van der Waals surface area contributed by atoms with Crippen molar-refractivity contribution in [2.24, 2.45) is 5.41 Å². The van der Waals surface area contributed by atoms with Crippen LogP contribution in [0.2, 0.25) is 0 Å². The summed E-state index contributed by atoms with van der Waals surface area (Å²) in [5.41, 5.74) is 0.888. The quantitative estimate of drug-likeness (QED) is 0.576. The van der Waals surface area contributed by atoms with Crippen molar-refractivity contribution in [3.05, 3.63) is 23.8 Å². The lowest BCUT2D eigenvalue weighted by Gasteiger charge is -2.10. The van der Waals surface area contributed by atoms with Gasteiger partial charge in [-0.2, -0.15) is 0 Å². The zero-order valence-corrected chi connectivity index (χ0v) is 8.64. The molecular formula is C11H18O. The van der Waals surface area contributed by atoms with E-state index in [1.807, 2.05) is 26.0 Å². The van der Waals surface area contributed by atoms with Crippen LogP contribution in [0.5, 0.6) is 0 Å². The predicted molar refractivity (Wildman–Crippen MR) is 53.0 cm³/mol. The number of allylic oxidation sites excluding steroid dienone is 4. The zero-order chi connectivity index (χ0) is 9.78. The molecule has 0 fully saturated rings. The van der Waals surface area contributed by atoms with Crippen LogP contribution in [-0.4, -0.2) is 5.78 Å². The molecule has 0 saturated heterocycles. The topological polar surface area (TPSA) is 17.1 Å². The Kier molecular flexibility index (Phi) is 3.94. The maximum atomic E-state index is 11.3. The molecule has 0 heterocycles. The van der Waals surface area contributed by atoms with Gasteiger partial charge in [0.1, 0.15) is 0 Å². The highest BCUT2D eigenvalue weighted by atomic mass is 16.1. The first-order valence-corrected chi connectivity index (χ1v) is 4.23. The fourth-order valence-electron chi connectivity index (χ4n) is 0.599. The number of ketones is 1. The lowest BCUT2D eigenvalue weighted by Crippen LogP contribution is -2.02. The van der Waals surface area contributed by atoms with Crippen LogP contribution in [0.3, 0.4) is 0 Å². The maximum absolute atomic E-state index is 11.3. The minimum absolute atomic E-state index is 0.0870. The summed E-state index contributed by atoms with van der Waals surface area (Å²) in [6.07, 6.45) is 5.41. The third-order valence-corrected chi connectivity index (χ3v) is 1.56. The molecule has 68 valence electrons. The Morgan fingerprint density at radius 1 is 1.25 bits per heavy atom. The summed E-state index contributed by atoms with van der Waals surface area (Å²) in [7, 11) is 0. The normalized spacial score (nSPS) is 13.9. The summed E-state index contributed by atoms with van der Waals surface area (Å²) in [4.78, 5) is 11.3. The Morgan fingerprint density at radius 2 is 1.75 bits per heavy atom. The van der Waals surface area contributed by atoms with E-state index in [1.165, 1.54) is 0 Å². The molecule has 12 heavy (non-hydrogen) atoms. The Hall–Kier alpha value is -0.850. The number of hydrogen-bond donors (Lipinski definition) is 0. The summed E-state index contributed by atoms with van der Waals surface area (Å²) < 4.78 is 0. The molecule has 0 spiro atoms. The van der Waals surface area contributed by atoms with Crippen molar-refractivity contribution in [3.8, 4) is 0 Å². The molecule has 0 aliphatic carbocycles. The Labute approximate surface area is 75.2 Å². The van der Waals surface area contributed by atoms with Crippen molar-refractivity contribution < 1.29 is 4.79 Å². The lowest BCUT2D eigenvalue weighted by molar-refractivity contribution is -0.111. The number of hydrogen-bond acceptors (Lipinski definition) is 1. The average molecular weight is 166 g/mol. The number of carbonyl (C=O) groups excluding carboxylic acids is 1. The molecule has 0 saturated carbocycles. The SMILES string of the molecule is C/C=C(\C)C(=O)/C=C/C(C)(C)C. The van der Waals surface area contributed by atoms with E-state index in [4.69, 9.17) is 0 Å². The average Bonchev–Trinajstić information content (AvgIpc) is 1.97. The second-order valence-corrected chi connectivity index (χ2v) is 4.04. The van der Waals surface area contributed by atoms with Gasteiger partial charge in [-0.05, 0) is 30.9 Å². The highest BCUT2D eigenvalue weighted by molar-refractivity contribution is 6.03. The second-order valence-electron chi connectivity index (χ2n) is 4.04. The molecule has 0 rings (SSSR count). The molecule has 0 radical (unpaired) electrons. The van der Waals surface area contributed by atoms with Crippen LogP contribution in [0.15, 0.2) is 23.8 Å². The Morgan fingerprint density at radius 3 is 2.08 bits per heavy atom. The van der Waals surface area contributed by atoms with E-state index < -0.39 is 0 Å². The van der Waals surface area contributed by atoms with E-state index in [-0.39, 0.29) is 11.2 Å². The molecule has 0 amide bonds. The molecule has 0 bridgehead atoms. The van der Waals surface area contributed by atoms with Crippen molar-refractivity contribution in [1.29, 1.82) is 0 Å². The molecule has 0 aromatic carbocycles. The Balaban J connectivity index is 4.29. The van der Waals surface area contributed by atoms with Gasteiger partial charge in [0.05, 0.1) is 0 Å². The van der Waals surface area contributed by atoms with Gasteiger partial charge in [-0.25, -0.2) is 0 Å². The largest absolute Gasteiger partial charge is 0.290 e. The van der Waals surface area contributed by atoms with E-state index >= 15 is 0 Å². The van der Waals surface area contributed by atoms with Crippen LogP contribution in [0.25, 0.3) is 0 Å². The van der Waals surface area contributed by atoms with Gasteiger partial charge in [-0.1, -0.05) is 32.9 Å². The monoisotopic (exact) mass is 166 g/mol. The van der Waals surface area contributed by atoms with E-state index in [0.29, 0.717) is 0 Å². The van der Waals surface area contributed by atoms with Gasteiger partial charge in [-0.3, -0.25) is 4.79 Å². The van der Waals surface area contributed by atoms with Gasteiger partial charge < -0.3 is 0 Å². The number of rotatable bonds is 2. The predicted octanol–water partition coefficient (Wildman–Crippen LogP) is 3.12. The van der Waals surface area contributed by atoms with Crippen molar-refractivity contribution in [1.82, 2.24) is 0 Å². The lowest BCUT2D eigenvalue weighted by atomic mass is 9.95. The molecule has 0 aromatic rings. The third-order valence-electron chi connectivity index (χ3n) is 1.56. The fraction of sp³-hybridized carbons (Fsp3) is 0.545. The first-order chi connectivity index (χ1) is 5.37. The van der Waals surface area contributed by atoms with Crippen LogP contribution in [0.4, 0.5) is 0 Å². The highest BCUT2D eigenvalue weighted by Crippen LogP contribution is 2.14. The molecule has 0 aliphatic heterocycles. The molecular weight excluding hydrogens is 148 g/mol. The molecule has 1 nitrogen and oxygen atoms in total. The second kappa shape index (κ2) is 4.24. The minimum atomic E-state index is 0.0870. The smallest absolute Gasteiger partial charge is 0.180 e. The standard InChI is InChI=1S/C11H18O/c1-6-9(2)10(12)7-8-11(3,4)5/h6-8H,1-5H3/b8-7+,9-6+. The van der Waals surface area contributed by atoms with Gasteiger partial charge in [0.2, 0.25) is 0 Å². The molecule has 1 heteroatoms. The van der Waals surface area contributed by atoms with Gasteiger partial charge in [0.25, 0.3) is 0 Å². The minimum Gasteiger partial charge on any atom is -0.290 e. The van der Waals surface area contributed by atoms with Crippen molar-refractivity contribution in [2.45, 2.75) is 34.6 Å². The molecule has 0 N–H and O–H groups in total. The molecule has 0 unspecified atom stereocenters. The molecule has 0 aliphatic rings. The summed E-state index contributed by atoms with van der Waals surface area (Å²) in [6.45, 7) is 9.92. The van der Waals surface area contributed by atoms with Gasteiger partial charge >= 0.3 is 0 Å². The van der Waals surface area contributed by atoms with Crippen LogP contribution in [-0.2, 0) is 4.79 Å². The van der Waals surface area contributed by atoms with Crippen LogP contribution in [0, 0.1) is 5.41 Å². The fourth-order valence-corrected chi connectivity index (χ4v) is 0.599. The van der Waals surface area contributed by atoms with Crippen LogP contribution < -0.4 is 0 Å². The summed E-state index contributed by atoms with van der Waals surface area (Å²) in [5.74, 6) is 0.104. The first kappa shape index (κ1) is 11.2. The van der Waals surface area contributed by atoms with Crippen molar-refractivity contribution >= 4 is 5.78 Å². The third kappa shape index (κ3) is 4.89. The maximum Gasteiger partial charge on any atom is 0.180 e. The van der Waals surface area contributed by atoms with Crippen LogP contribution >= 0.6 is 0 Å². The van der Waals surface area contributed by atoms with Gasteiger partial charge in [-0.15, -0.1) is 0 Å². The van der Waals surface area contributed by atoms with E-state index in [1.54, 1.807) is 6.08 Å². The number of carbonyl (C=O) groups is 1.